The van der Waals surface area contributed by atoms with Gasteiger partial charge in [0.2, 0.25) is 5.13 Å². The molecule has 0 fully saturated rings. The lowest BCUT2D eigenvalue weighted by Crippen LogP contribution is -2.31. The first-order valence-corrected chi connectivity index (χ1v) is 7.86. The molecule has 22 heavy (non-hydrogen) atoms. The van der Waals surface area contributed by atoms with Gasteiger partial charge in [-0.25, -0.2) is 9.78 Å². The number of nitrogens with one attached hydrogen (secondary N) is 2. The summed E-state index contributed by atoms with van der Waals surface area (Å²) in [5, 5.41) is 10.3. The van der Waals surface area contributed by atoms with Crippen molar-refractivity contribution in [2.24, 2.45) is 7.05 Å². The molecule has 0 aliphatic rings. The average molecular weight is 322 g/mol. The van der Waals surface area contributed by atoms with Crippen LogP contribution in [0.15, 0.2) is 6.20 Å². The summed E-state index contributed by atoms with van der Waals surface area (Å²) < 4.78 is 6.05. The average Bonchev–Trinajstić information content (AvgIpc) is 2.97. The Hall–Kier alpha value is -1.96. The van der Waals surface area contributed by atoms with E-state index >= 15 is 0 Å². The van der Waals surface area contributed by atoms with Crippen LogP contribution in [0.2, 0.25) is 0 Å². The van der Waals surface area contributed by atoms with Crippen LogP contribution in [0.5, 0.6) is 0 Å². The second kappa shape index (κ2) is 6.04. The lowest BCUT2D eigenvalue weighted by Gasteiger charge is -2.14. The summed E-state index contributed by atoms with van der Waals surface area (Å²) >= 11 is 1.19. The summed E-state index contributed by atoms with van der Waals surface area (Å²) in [5.74, 6) is 0.726. The summed E-state index contributed by atoms with van der Waals surface area (Å²) in [6.07, 6.45) is 1.77. The van der Waals surface area contributed by atoms with E-state index in [9.17, 15) is 4.79 Å². The van der Waals surface area contributed by atoms with Gasteiger partial charge < -0.3 is 5.32 Å². The molecule has 120 valence electrons. The van der Waals surface area contributed by atoms with E-state index in [2.05, 4.69) is 25.1 Å². The van der Waals surface area contributed by atoms with Crippen molar-refractivity contribution < 1.29 is 4.79 Å². The first-order valence-electron chi connectivity index (χ1n) is 7.08. The fourth-order valence-electron chi connectivity index (χ4n) is 1.93. The van der Waals surface area contributed by atoms with Crippen LogP contribution in [0.3, 0.4) is 0 Å². The van der Waals surface area contributed by atoms with E-state index in [1.54, 1.807) is 10.9 Å². The van der Waals surface area contributed by atoms with E-state index in [-0.39, 0.29) is 17.5 Å². The Morgan fingerprint density at radius 2 is 2.09 bits per heavy atom. The highest BCUT2D eigenvalue weighted by molar-refractivity contribution is 7.09. The lowest BCUT2D eigenvalue weighted by atomic mass is 9.96. The van der Waals surface area contributed by atoms with Crippen LogP contribution in [0.1, 0.15) is 50.8 Å². The molecule has 0 saturated carbocycles. The molecule has 2 heterocycles. The monoisotopic (exact) mass is 322 g/mol. The first kappa shape index (κ1) is 16.4. The van der Waals surface area contributed by atoms with Gasteiger partial charge in [-0.05, 0) is 13.8 Å². The number of aromatic nitrogens is 4. The van der Waals surface area contributed by atoms with Gasteiger partial charge in [-0.15, -0.1) is 0 Å². The molecule has 0 aromatic carbocycles. The minimum absolute atomic E-state index is 0.132. The highest BCUT2D eigenvalue weighted by Crippen LogP contribution is 2.23. The van der Waals surface area contributed by atoms with Gasteiger partial charge in [0.05, 0.1) is 12.2 Å². The minimum atomic E-state index is -0.299. The van der Waals surface area contributed by atoms with Crippen molar-refractivity contribution in [2.75, 3.05) is 5.32 Å². The molecule has 1 atom stereocenters. The molecule has 0 aliphatic heterocycles. The van der Waals surface area contributed by atoms with Gasteiger partial charge >= 0.3 is 6.03 Å². The molecule has 0 bridgehead atoms. The van der Waals surface area contributed by atoms with Gasteiger partial charge in [0.25, 0.3) is 0 Å². The number of hydrogen-bond acceptors (Lipinski definition) is 5. The van der Waals surface area contributed by atoms with Crippen molar-refractivity contribution in [3.63, 3.8) is 0 Å². The van der Waals surface area contributed by atoms with Crippen molar-refractivity contribution in [2.45, 2.75) is 46.1 Å². The number of carbonyl (C=O) groups is 1. The molecule has 7 nitrogen and oxygen atoms in total. The van der Waals surface area contributed by atoms with Crippen LogP contribution >= 0.6 is 11.5 Å². The highest BCUT2D eigenvalue weighted by atomic mass is 32.1. The van der Waals surface area contributed by atoms with Gasteiger partial charge in [-0.1, -0.05) is 20.8 Å². The zero-order chi connectivity index (χ0) is 16.5. The van der Waals surface area contributed by atoms with Gasteiger partial charge in [-0.2, -0.15) is 9.47 Å². The number of carbonyl (C=O) groups excluding carboxylic acids is 1. The van der Waals surface area contributed by atoms with Crippen LogP contribution in [-0.4, -0.2) is 25.2 Å². The second-order valence-electron chi connectivity index (χ2n) is 6.30. The van der Waals surface area contributed by atoms with Crippen molar-refractivity contribution in [1.29, 1.82) is 0 Å². The topological polar surface area (TPSA) is 84.7 Å². The Labute approximate surface area is 134 Å². The molecule has 2 rings (SSSR count). The molecule has 0 radical (unpaired) electrons. The van der Waals surface area contributed by atoms with Crippen LogP contribution in [-0.2, 0) is 12.5 Å². The molecule has 0 aliphatic carbocycles. The van der Waals surface area contributed by atoms with E-state index in [1.807, 2.05) is 41.7 Å². The standard InChI is InChI=1S/C14H22N6OS/c1-8(10-7-15-20(6)9(10)2)16-12(21)18-13-17-11(19-22-13)14(3,4)5/h7-8H,1-6H3,(H2,16,17,18,19,21). The molecule has 1 unspecified atom stereocenters. The predicted octanol–water partition coefficient (Wildman–Crippen LogP) is 2.76. The van der Waals surface area contributed by atoms with E-state index in [0.29, 0.717) is 5.13 Å². The fraction of sp³-hybridized carbons (Fsp3) is 0.571. The Balaban J connectivity index is 1.98. The summed E-state index contributed by atoms with van der Waals surface area (Å²) in [7, 11) is 1.88. The van der Waals surface area contributed by atoms with Gasteiger partial charge in [-0.3, -0.25) is 10.00 Å². The zero-order valence-electron chi connectivity index (χ0n) is 13.8. The number of amides is 2. The largest absolute Gasteiger partial charge is 0.331 e. The van der Waals surface area contributed by atoms with Crippen LogP contribution in [0.4, 0.5) is 9.93 Å². The maximum atomic E-state index is 12.1. The molecule has 2 N–H and O–H groups in total. The van der Waals surface area contributed by atoms with Crippen molar-refractivity contribution in [3.8, 4) is 0 Å². The summed E-state index contributed by atoms with van der Waals surface area (Å²) in [6, 6.07) is -0.434. The molecule has 2 aromatic rings. The van der Waals surface area contributed by atoms with Crippen LogP contribution in [0, 0.1) is 6.92 Å². The highest BCUT2D eigenvalue weighted by Gasteiger charge is 2.21. The number of nitrogens with zero attached hydrogens (tertiary/aromatic N) is 4. The maximum Gasteiger partial charge on any atom is 0.321 e. The van der Waals surface area contributed by atoms with Crippen LogP contribution < -0.4 is 10.6 Å². The smallest absolute Gasteiger partial charge is 0.321 e. The Morgan fingerprint density at radius 1 is 1.41 bits per heavy atom. The number of anilines is 1. The van der Waals surface area contributed by atoms with Gasteiger partial charge in [0, 0.05) is 35.3 Å². The Kier molecular flexibility index (Phi) is 4.50. The Morgan fingerprint density at radius 3 is 2.59 bits per heavy atom. The fourth-order valence-corrected chi connectivity index (χ4v) is 2.68. The SMILES string of the molecule is Cc1c(C(C)NC(=O)Nc2nc(C(C)(C)C)ns2)cnn1C. The van der Waals surface area contributed by atoms with Crippen molar-refractivity contribution in [3.05, 3.63) is 23.3 Å². The third kappa shape index (κ3) is 3.62. The van der Waals surface area contributed by atoms with Gasteiger partial charge in [0.1, 0.15) is 5.82 Å². The zero-order valence-corrected chi connectivity index (χ0v) is 14.6. The number of urea groups is 1. The normalized spacial score (nSPS) is 13.0. The van der Waals surface area contributed by atoms with E-state index in [0.717, 1.165) is 17.1 Å². The summed E-state index contributed by atoms with van der Waals surface area (Å²) in [6.45, 7) is 9.99. The third-order valence-corrected chi connectivity index (χ3v) is 4.04. The second-order valence-corrected chi connectivity index (χ2v) is 7.05. The molecular weight excluding hydrogens is 300 g/mol. The third-order valence-electron chi connectivity index (χ3n) is 3.40. The molecule has 2 amide bonds. The van der Waals surface area contributed by atoms with Crippen LogP contribution in [0.25, 0.3) is 0 Å². The van der Waals surface area contributed by atoms with E-state index < -0.39 is 0 Å². The van der Waals surface area contributed by atoms with E-state index in [4.69, 9.17) is 0 Å². The van der Waals surface area contributed by atoms with Crippen molar-refractivity contribution >= 4 is 22.7 Å². The number of hydrogen-bond donors (Lipinski definition) is 2. The van der Waals surface area contributed by atoms with Crippen molar-refractivity contribution in [1.82, 2.24) is 24.5 Å². The first-order chi connectivity index (χ1) is 10.2. The molecule has 8 heteroatoms. The molecule has 0 saturated heterocycles. The summed E-state index contributed by atoms with van der Waals surface area (Å²) in [4.78, 5) is 16.4. The lowest BCUT2D eigenvalue weighted by molar-refractivity contribution is 0.249. The Bertz CT molecular complexity index is 669. The van der Waals surface area contributed by atoms with E-state index in [1.165, 1.54) is 11.5 Å². The predicted molar refractivity (Wildman–Crippen MR) is 87.1 cm³/mol. The number of rotatable bonds is 3. The molecule has 0 spiro atoms. The minimum Gasteiger partial charge on any atom is -0.331 e. The quantitative estimate of drug-likeness (QED) is 0.910. The molecular formula is C14H22N6OS. The summed E-state index contributed by atoms with van der Waals surface area (Å²) in [5.41, 5.74) is 1.89. The number of aryl methyl sites for hydroxylation is 1. The van der Waals surface area contributed by atoms with Gasteiger partial charge in [0.15, 0.2) is 0 Å². The maximum absolute atomic E-state index is 12.1. The molecule has 2 aromatic heterocycles.